The second-order valence-corrected chi connectivity index (χ2v) is 3.58. The summed E-state index contributed by atoms with van der Waals surface area (Å²) in [5, 5.41) is 0. The lowest BCUT2D eigenvalue weighted by Crippen LogP contribution is -2.31. The van der Waals surface area contributed by atoms with E-state index in [0.717, 1.165) is 7.11 Å². The van der Waals surface area contributed by atoms with Crippen molar-refractivity contribution in [2.45, 2.75) is 6.54 Å². The van der Waals surface area contributed by atoms with Gasteiger partial charge in [-0.3, -0.25) is 4.21 Å². The summed E-state index contributed by atoms with van der Waals surface area (Å²) in [7, 11) is 1.13. The number of hydrogen-bond acceptors (Lipinski definition) is 4. The number of carbonyl (C=O) groups is 1. The summed E-state index contributed by atoms with van der Waals surface area (Å²) in [6, 6.07) is 8.78. The van der Waals surface area contributed by atoms with E-state index in [1.807, 2.05) is 0 Å². The first-order valence-corrected chi connectivity index (χ1v) is 5.17. The zero-order valence-corrected chi connectivity index (χ0v) is 8.90. The maximum absolute atomic E-state index is 11.1. The van der Waals surface area contributed by atoms with E-state index >= 15 is 0 Å². The van der Waals surface area contributed by atoms with Crippen LogP contribution in [0.15, 0.2) is 30.3 Å². The summed E-state index contributed by atoms with van der Waals surface area (Å²) in [6.07, 6.45) is -0.896. The third-order valence-electron chi connectivity index (χ3n) is 1.73. The van der Waals surface area contributed by atoms with Crippen molar-refractivity contribution in [3.05, 3.63) is 35.9 Å². The summed E-state index contributed by atoms with van der Waals surface area (Å²) < 4.78 is 26.4. The van der Waals surface area contributed by atoms with Crippen LogP contribution in [0.2, 0.25) is 0 Å². The van der Waals surface area contributed by atoms with E-state index in [-0.39, 0.29) is 6.54 Å². The Morgan fingerprint density at radius 1 is 1.47 bits per heavy atom. The number of ether oxygens (including phenoxy) is 1. The number of benzene rings is 1. The van der Waals surface area contributed by atoms with E-state index in [4.69, 9.17) is 0 Å². The molecule has 5 nitrogen and oxygen atoms in total. The van der Waals surface area contributed by atoms with Crippen LogP contribution in [0.3, 0.4) is 0 Å². The van der Waals surface area contributed by atoms with Gasteiger partial charge in [-0.25, -0.2) is 9.10 Å². The monoisotopic (exact) mass is 228 g/mol. The fraction of sp³-hybridized carbons (Fsp3) is 0.222. The Hall–Kier alpha value is -1.40. The van der Waals surface area contributed by atoms with Crippen LogP contribution in [-0.4, -0.2) is 26.3 Å². The van der Waals surface area contributed by atoms with Crippen molar-refractivity contribution in [3.8, 4) is 0 Å². The van der Waals surface area contributed by atoms with Crippen molar-refractivity contribution in [2.24, 2.45) is 0 Å². The van der Waals surface area contributed by atoms with E-state index < -0.39 is 17.4 Å². The van der Waals surface area contributed by atoms with Crippen LogP contribution >= 0.6 is 0 Å². The maximum atomic E-state index is 11.1. The molecule has 1 aromatic rings. The largest absolute Gasteiger partial charge is 0.755 e. The minimum atomic E-state index is -2.63. The molecule has 1 unspecified atom stereocenters. The Labute approximate surface area is 90.1 Å². The number of hydrogen-bond donors (Lipinski definition) is 0. The molecule has 0 N–H and O–H groups in total. The third-order valence-corrected chi connectivity index (χ3v) is 2.37. The molecule has 1 rings (SSSR count). The Bertz CT molecular complexity index is 354. The van der Waals surface area contributed by atoms with E-state index in [0.29, 0.717) is 9.87 Å². The molecule has 1 atom stereocenters. The molecule has 0 radical (unpaired) electrons. The molecule has 0 aliphatic carbocycles. The molecule has 15 heavy (non-hydrogen) atoms. The number of amides is 1. The van der Waals surface area contributed by atoms with E-state index in [1.54, 1.807) is 30.3 Å². The normalized spacial score (nSPS) is 11.9. The Balaban J connectivity index is 2.76. The zero-order valence-electron chi connectivity index (χ0n) is 8.08. The molecule has 1 amide bonds. The molecule has 0 fully saturated rings. The molecule has 1 aromatic carbocycles. The lowest BCUT2D eigenvalue weighted by molar-refractivity contribution is 0.146. The molecule has 6 heteroatoms. The highest BCUT2D eigenvalue weighted by Crippen LogP contribution is 2.07. The van der Waals surface area contributed by atoms with Gasteiger partial charge in [0.2, 0.25) is 0 Å². The molecular weight excluding hydrogens is 218 g/mol. The van der Waals surface area contributed by atoms with Gasteiger partial charge in [0.25, 0.3) is 0 Å². The maximum Gasteiger partial charge on any atom is 0.420 e. The average Bonchev–Trinajstić information content (AvgIpc) is 2.26. The smallest absolute Gasteiger partial charge is 0.420 e. The number of methoxy groups -OCH3 is 1. The molecule has 0 spiro atoms. The van der Waals surface area contributed by atoms with Crippen molar-refractivity contribution < 1.29 is 18.3 Å². The lowest BCUT2D eigenvalue weighted by Gasteiger charge is -2.22. The van der Waals surface area contributed by atoms with E-state index in [1.165, 1.54) is 0 Å². The number of nitrogens with zero attached hydrogens (tertiary/aromatic N) is 1. The van der Waals surface area contributed by atoms with Gasteiger partial charge in [0.15, 0.2) is 0 Å². The predicted octanol–water partition coefficient (Wildman–Crippen LogP) is 1.05. The predicted molar refractivity (Wildman–Crippen MR) is 53.3 cm³/mol. The van der Waals surface area contributed by atoms with Gasteiger partial charge < -0.3 is 9.29 Å². The minimum Gasteiger partial charge on any atom is -0.755 e. The highest BCUT2D eigenvalue weighted by molar-refractivity contribution is 7.77. The van der Waals surface area contributed by atoms with Crippen molar-refractivity contribution in [2.75, 3.05) is 7.11 Å². The average molecular weight is 228 g/mol. The van der Waals surface area contributed by atoms with Gasteiger partial charge in [-0.05, 0) is 5.56 Å². The Morgan fingerprint density at radius 3 is 2.53 bits per heavy atom. The second kappa shape index (κ2) is 5.47. The van der Waals surface area contributed by atoms with Crippen molar-refractivity contribution in [1.29, 1.82) is 0 Å². The van der Waals surface area contributed by atoms with Crippen LogP contribution in [0.1, 0.15) is 5.56 Å². The van der Waals surface area contributed by atoms with Crippen LogP contribution in [0.5, 0.6) is 0 Å². The summed E-state index contributed by atoms with van der Waals surface area (Å²) in [4.78, 5) is 11.1. The third kappa shape index (κ3) is 3.34. The molecule has 0 aromatic heterocycles. The van der Waals surface area contributed by atoms with Gasteiger partial charge >= 0.3 is 6.09 Å². The molecule has 0 aliphatic rings. The van der Waals surface area contributed by atoms with Crippen LogP contribution < -0.4 is 0 Å². The van der Waals surface area contributed by atoms with Crippen molar-refractivity contribution in [1.82, 2.24) is 4.31 Å². The Kier molecular flexibility index (Phi) is 4.26. The van der Waals surface area contributed by atoms with E-state index in [2.05, 4.69) is 4.74 Å². The van der Waals surface area contributed by atoms with Gasteiger partial charge in [0, 0.05) is 0 Å². The van der Waals surface area contributed by atoms with Crippen LogP contribution in [-0.2, 0) is 22.5 Å². The quantitative estimate of drug-likeness (QED) is 0.725. The summed E-state index contributed by atoms with van der Waals surface area (Å²) in [6.45, 7) is -0.0242. The topological polar surface area (TPSA) is 69.7 Å². The van der Waals surface area contributed by atoms with Crippen molar-refractivity contribution >= 4 is 17.4 Å². The summed E-state index contributed by atoms with van der Waals surface area (Å²) in [5.41, 5.74) is 0.715. The second-order valence-electron chi connectivity index (χ2n) is 2.71. The van der Waals surface area contributed by atoms with Gasteiger partial charge in [0.1, 0.15) is 0 Å². The molecular formula is C9H10NO4S-. The van der Waals surface area contributed by atoms with Crippen LogP contribution in [0, 0.1) is 0 Å². The van der Waals surface area contributed by atoms with Gasteiger partial charge in [-0.2, -0.15) is 0 Å². The standard InChI is InChI=1S/C9H11NO4S/c1-14-9(11)10(15(12)13)7-8-5-3-2-4-6-8/h2-6H,7H2,1H3,(H,12,13)/p-1. The van der Waals surface area contributed by atoms with Crippen LogP contribution in [0.25, 0.3) is 0 Å². The molecule has 0 saturated heterocycles. The Morgan fingerprint density at radius 2 is 2.07 bits per heavy atom. The van der Waals surface area contributed by atoms with E-state index in [9.17, 15) is 13.6 Å². The fourth-order valence-corrected chi connectivity index (χ4v) is 1.48. The number of carbonyl (C=O) groups excluding carboxylic acids is 1. The van der Waals surface area contributed by atoms with Gasteiger partial charge in [-0.1, -0.05) is 30.3 Å². The SMILES string of the molecule is COC(=O)N(Cc1ccccc1)S(=O)[O-]. The highest BCUT2D eigenvalue weighted by atomic mass is 32.2. The summed E-state index contributed by atoms with van der Waals surface area (Å²) in [5.74, 6) is 0. The molecule has 0 saturated carbocycles. The number of rotatable bonds is 3. The first-order chi connectivity index (χ1) is 7.15. The highest BCUT2D eigenvalue weighted by Gasteiger charge is 2.14. The van der Waals surface area contributed by atoms with Gasteiger partial charge in [-0.15, -0.1) is 0 Å². The first-order valence-electron chi connectivity index (χ1n) is 4.14. The summed E-state index contributed by atoms with van der Waals surface area (Å²) >= 11 is -2.63. The van der Waals surface area contributed by atoms with Gasteiger partial charge in [0.05, 0.1) is 24.9 Å². The minimum absolute atomic E-state index is 0.0242. The molecule has 0 aliphatic heterocycles. The lowest BCUT2D eigenvalue weighted by atomic mass is 10.2. The molecule has 82 valence electrons. The fourth-order valence-electron chi connectivity index (χ4n) is 1.03. The first kappa shape index (κ1) is 11.7. The zero-order chi connectivity index (χ0) is 11.3. The van der Waals surface area contributed by atoms with Crippen molar-refractivity contribution in [3.63, 3.8) is 0 Å². The van der Waals surface area contributed by atoms with Crippen LogP contribution in [0.4, 0.5) is 4.79 Å². The molecule has 0 bridgehead atoms. The molecule has 0 heterocycles.